The molecule has 4 rings (SSSR count). The average Bonchev–Trinajstić information content (AvgIpc) is 3.06. The van der Waals surface area contributed by atoms with Gasteiger partial charge in [-0.1, -0.05) is 18.9 Å². The van der Waals surface area contributed by atoms with E-state index in [1.54, 1.807) is 12.2 Å². The lowest BCUT2D eigenvalue weighted by atomic mass is 9.80. The Morgan fingerprint density at radius 3 is 2.41 bits per heavy atom. The maximum atomic E-state index is 12.8. The van der Waals surface area contributed by atoms with Crippen molar-refractivity contribution in [2.24, 2.45) is 11.8 Å². The van der Waals surface area contributed by atoms with Crippen LogP contribution in [0.5, 0.6) is 0 Å². The van der Waals surface area contributed by atoms with Crippen molar-refractivity contribution in [3.63, 3.8) is 0 Å². The molecule has 22 heavy (non-hydrogen) atoms. The summed E-state index contributed by atoms with van der Waals surface area (Å²) in [5.41, 5.74) is -1.43. The molecule has 0 aromatic heterocycles. The second kappa shape index (κ2) is 6.32. The number of aliphatic hydroxyl groups is 1. The summed E-state index contributed by atoms with van der Waals surface area (Å²) in [6, 6.07) is 0.273. The third-order valence-electron chi connectivity index (χ3n) is 6.06. The number of ether oxygens (including phenoxy) is 1. The minimum absolute atomic E-state index is 0.00703. The van der Waals surface area contributed by atoms with Crippen LogP contribution in [0.25, 0.3) is 0 Å². The fraction of sp³-hybridized carbons (Fsp3) is 0.833. The highest BCUT2D eigenvalue weighted by molar-refractivity contribution is 5.82. The van der Waals surface area contributed by atoms with E-state index in [9.17, 15) is 9.90 Å². The van der Waals surface area contributed by atoms with Crippen LogP contribution in [0, 0.1) is 11.8 Å². The van der Waals surface area contributed by atoms with Gasteiger partial charge in [0.2, 0.25) is 0 Å². The largest absolute Gasteiger partial charge is 0.458 e. The number of esters is 1. The summed E-state index contributed by atoms with van der Waals surface area (Å²) in [4.78, 5) is 15.2. The van der Waals surface area contributed by atoms with Crippen molar-refractivity contribution in [1.29, 1.82) is 0 Å². The number of rotatable bonds is 4. The van der Waals surface area contributed by atoms with Gasteiger partial charge in [-0.2, -0.15) is 0 Å². The number of fused-ring (bicyclic) bond motifs is 3. The Balaban J connectivity index is 1.73. The number of carbonyl (C=O) groups is 1. The summed E-state index contributed by atoms with van der Waals surface area (Å²) in [6.07, 6.45) is 9.57. The van der Waals surface area contributed by atoms with Gasteiger partial charge in [0.05, 0.1) is 0 Å². The first-order valence-electron chi connectivity index (χ1n) is 8.87. The molecular weight excluding hydrogens is 278 g/mol. The number of carbonyl (C=O) groups excluding carboxylic acids is 1. The molecule has 3 atom stereocenters. The highest BCUT2D eigenvalue weighted by atomic mass is 16.6. The molecule has 2 bridgehead atoms. The second-order valence-electron chi connectivity index (χ2n) is 7.29. The number of hydrogen-bond acceptors (Lipinski definition) is 4. The molecule has 1 saturated carbocycles. The Morgan fingerprint density at radius 1 is 1.23 bits per heavy atom. The van der Waals surface area contributed by atoms with E-state index in [2.05, 4.69) is 11.8 Å². The summed E-state index contributed by atoms with van der Waals surface area (Å²) < 4.78 is 5.89. The highest BCUT2D eigenvalue weighted by Crippen LogP contribution is 2.39. The molecule has 124 valence electrons. The third-order valence-corrected chi connectivity index (χ3v) is 6.06. The number of allylic oxidation sites excluding steroid dienone is 1. The summed E-state index contributed by atoms with van der Waals surface area (Å²) in [6.45, 7) is 6.22. The van der Waals surface area contributed by atoms with E-state index >= 15 is 0 Å². The van der Waals surface area contributed by atoms with Gasteiger partial charge in [0.15, 0.2) is 5.60 Å². The van der Waals surface area contributed by atoms with E-state index in [0.717, 1.165) is 51.6 Å². The van der Waals surface area contributed by atoms with Crippen LogP contribution in [0.4, 0.5) is 0 Å². The highest BCUT2D eigenvalue weighted by Gasteiger charge is 2.48. The van der Waals surface area contributed by atoms with Gasteiger partial charge in [0.25, 0.3) is 0 Å². The Morgan fingerprint density at radius 2 is 1.86 bits per heavy atom. The van der Waals surface area contributed by atoms with Gasteiger partial charge in [-0.15, -0.1) is 0 Å². The van der Waals surface area contributed by atoms with E-state index in [0.29, 0.717) is 5.92 Å². The van der Waals surface area contributed by atoms with Crippen LogP contribution in [-0.4, -0.2) is 46.8 Å². The monoisotopic (exact) mass is 307 g/mol. The maximum Gasteiger partial charge on any atom is 0.342 e. The zero-order valence-corrected chi connectivity index (χ0v) is 13.8. The molecule has 4 aliphatic rings. The second-order valence-corrected chi connectivity index (χ2v) is 7.29. The summed E-state index contributed by atoms with van der Waals surface area (Å²) in [5, 5.41) is 11.0. The van der Waals surface area contributed by atoms with Crippen LogP contribution >= 0.6 is 0 Å². The molecule has 0 amide bonds. The predicted molar refractivity (Wildman–Crippen MR) is 85.4 cm³/mol. The summed E-state index contributed by atoms with van der Waals surface area (Å²) in [5.74, 6) is 0.0399. The van der Waals surface area contributed by atoms with Crippen molar-refractivity contribution in [1.82, 2.24) is 4.90 Å². The van der Waals surface area contributed by atoms with Crippen molar-refractivity contribution in [2.75, 3.05) is 13.1 Å². The first-order valence-corrected chi connectivity index (χ1v) is 8.87. The van der Waals surface area contributed by atoms with E-state index < -0.39 is 11.6 Å². The molecule has 1 aliphatic carbocycles. The smallest absolute Gasteiger partial charge is 0.342 e. The van der Waals surface area contributed by atoms with E-state index in [4.69, 9.17) is 4.74 Å². The summed E-state index contributed by atoms with van der Waals surface area (Å²) in [7, 11) is 0. The molecule has 3 aliphatic heterocycles. The van der Waals surface area contributed by atoms with Gasteiger partial charge < -0.3 is 9.84 Å². The van der Waals surface area contributed by atoms with Crippen molar-refractivity contribution in [3.05, 3.63) is 12.2 Å². The normalized spacial score (nSPS) is 38.3. The number of nitrogens with zero attached hydrogens (tertiary/aromatic N) is 1. The SMILES string of the molecule is C/C=C/C(O)(C(=O)O[C@@H]1C2CCN(CC2)[C@@H]1C)C1CCCC1. The number of hydrogen-bond donors (Lipinski definition) is 1. The Bertz CT molecular complexity index is 434. The topological polar surface area (TPSA) is 49.8 Å². The quantitative estimate of drug-likeness (QED) is 0.640. The minimum atomic E-state index is -1.43. The Labute approximate surface area is 133 Å². The molecule has 0 aromatic carbocycles. The zero-order valence-electron chi connectivity index (χ0n) is 13.8. The van der Waals surface area contributed by atoms with Crippen LogP contribution < -0.4 is 0 Å². The van der Waals surface area contributed by atoms with Crippen LogP contribution in [0.3, 0.4) is 0 Å². The standard InChI is InChI=1S/C18H29NO3/c1-3-10-18(21,15-6-4-5-7-15)17(20)22-16-13(2)19-11-8-14(16)9-12-19/h3,10,13-16,21H,4-9,11-12H2,1-2H3/b10-3+/t13-,16+,18?/m1/s1. The van der Waals surface area contributed by atoms with Crippen LogP contribution in [0.1, 0.15) is 52.4 Å². The number of piperidine rings is 3. The molecule has 3 heterocycles. The first kappa shape index (κ1) is 16.0. The lowest BCUT2D eigenvalue weighted by molar-refractivity contribution is -0.185. The Hall–Kier alpha value is -0.870. The molecule has 4 heteroatoms. The van der Waals surface area contributed by atoms with Gasteiger partial charge in [0.1, 0.15) is 6.10 Å². The van der Waals surface area contributed by atoms with Crippen LogP contribution in [-0.2, 0) is 9.53 Å². The Kier molecular flexibility index (Phi) is 4.60. The van der Waals surface area contributed by atoms with Crippen molar-refractivity contribution >= 4 is 5.97 Å². The van der Waals surface area contributed by atoms with Gasteiger partial charge >= 0.3 is 5.97 Å². The molecule has 4 fully saturated rings. The van der Waals surface area contributed by atoms with E-state index in [1.807, 2.05) is 6.92 Å². The zero-order chi connectivity index (χ0) is 15.7. The minimum Gasteiger partial charge on any atom is -0.458 e. The van der Waals surface area contributed by atoms with Gasteiger partial charge in [0, 0.05) is 12.0 Å². The molecule has 3 saturated heterocycles. The predicted octanol–water partition coefficient (Wildman–Crippen LogP) is 2.51. The average molecular weight is 307 g/mol. The van der Waals surface area contributed by atoms with Crippen molar-refractivity contribution in [2.45, 2.75) is 70.1 Å². The lowest BCUT2D eigenvalue weighted by Gasteiger charge is -2.49. The molecule has 1 unspecified atom stereocenters. The summed E-state index contributed by atoms with van der Waals surface area (Å²) >= 11 is 0. The molecule has 4 nitrogen and oxygen atoms in total. The lowest BCUT2D eigenvalue weighted by Crippen LogP contribution is -2.59. The van der Waals surface area contributed by atoms with Crippen molar-refractivity contribution < 1.29 is 14.6 Å². The van der Waals surface area contributed by atoms with Gasteiger partial charge in [-0.3, -0.25) is 4.90 Å². The molecule has 0 spiro atoms. The van der Waals surface area contributed by atoms with Crippen LogP contribution in [0.15, 0.2) is 12.2 Å². The van der Waals surface area contributed by atoms with Crippen LogP contribution in [0.2, 0.25) is 0 Å². The van der Waals surface area contributed by atoms with E-state index in [1.165, 1.54) is 0 Å². The first-order chi connectivity index (χ1) is 10.6. The molecule has 0 aromatic rings. The maximum absolute atomic E-state index is 12.8. The van der Waals surface area contributed by atoms with Crippen molar-refractivity contribution in [3.8, 4) is 0 Å². The fourth-order valence-corrected chi connectivity index (χ4v) is 4.66. The fourth-order valence-electron chi connectivity index (χ4n) is 4.66. The molecule has 1 N–H and O–H groups in total. The van der Waals surface area contributed by atoms with Gasteiger partial charge in [-0.05, 0) is 64.6 Å². The third kappa shape index (κ3) is 2.71. The van der Waals surface area contributed by atoms with E-state index in [-0.39, 0.29) is 18.1 Å². The molecular formula is C18H29NO3. The van der Waals surface area contributed by atoms with Gasteiger partial charge in [-0.25, -0.2) is 4.79 Å². The molecule has 0 radical (unpaired) electrons.